The molecule has 0 bridgehead atoms. The maximum Gasteiger partial charge on any atom is 0.124 e. The van der Waals surface area contributed by atoms with E-state index >= 15 is 0 Å². The van der Waals surface area contributed by atoms with Gasteiger partial charge in [0.2, 0.25) is 0 Å². The highest BCUT2D eigenvalue weighted by atomic mass is 17.0. The Labute approximate surface area is 148 Å². The molecule has 0 atom stereocenters. The van der Waals surface area contributed by atoms with Gasteiger partial charge in [-0.05, 0) is 67.8 Å². The Bertz CT molecular complexity index is 897. The molecule has 1 heterocycles. The van der Waals surface area contributed by atoms with Gasteiger partial charge >= 0.3 is 0 Å². The summed E-state index contributed by atoms with van der Waals surface area (Å²) in [5, 5.41) is 4.04. The van der Waals surface area contributed by atoms with Crippen molar-refractivity contribution in [3.8, 4) is 11.1 Å². The molecule has 0 spiro atoms. The third-order valence-corrected chi connectivity index (χ3v) is 5.23. The predicted molar refractivity (Wildman–Crippen MR) is 102 cm³/mol. The van der Waals surface area contributed by atoms with Crippen molar-refractivity contribution in [1.82, 2.24) is 0 Å². The average molecular weight is 333 g/mol. The van der Waals surface area contributed by atoms with E-state index in [-0.39, 0.29) is 11.2 Å². The van der Waals surface area contributed by atoms with Crippen LogP contribution in [0.15, 0.2) is 66.7 Å². The summed E-state index contributed by atoms with van der Waals surface area (Å²) in [6.45, 7) is 8.15. The Morgan fingerprint density at radius 2 is 1.20 bits per heavy atom. The van der Waals surface area contributed by atoms with Gasteiger partial charge < -0.3 is 0 Å². The summed E-state index contributed by atoms with van der Waals surface area (Å²) in [5.41, 5.74) is 2.50. The second-order valence-corrected chi connectivity index (χ2v) is 7.57. The first-order valence-electron chi connectivity index (χ1n) is 8.63. The van der Waals surface area contributed by atoms with Crippen LogP contribution in [0.1, 0.15) is 27.7 Å². The van der Waals surface area contributed by atoms with Gasteiger partial charge in [0.25, 0.3) is 0 Å². The Hall–Kier alpha value is -2.36. The van der Waals surface area contributed by atoms with Gasteiger partial charge in [-0.2, -0.15) is 0 Å². The summed E-state index contributed by atoms with van der Waals surface area (Å²) in [6, 6.07) is 23.2. The van der Waals surface area contributed by atoms with Crippen molar-refractivity contribution in [1.29, 1.82) is 0 Å². The molecule has 25 heavy (non-hydrogen) atoms. The van der Waals surface area contributed by atoms with Crippen LogP contribution in [-0.4, -0.2) is 11.2 Å². The van der Waals surface area contributed by atoms with Crippen LogP contribution in [0.3, 0.4) is 0 Å². The monoisotopic (exact) mass is 333 g/mol. The molecule has 3 heteroatoms. The Kier molecular flexibility index (Phi) is 3.60. The summed E-state index contributed by atoms with van der Waals surface area (Å²) >= 11 is 0. The van der Waals surface area contributed by atoms with Crippen molar-refractivity contribution in [3.05, 3.63) is 66.7 Å². The van der Waals surface area contributed by atoms with Gasteiger partial charge in [-0.15, -0.1) is 5.23 Å². The Morgan fingerprint density at radius 3 is 1.84 bits per heavy atom. The van der Waals surface area contributed by atoms with Crippen molar-refractivity contribution in [2.75, 3.05) is 5.23 Å². The maximum atomic E-state index is 5.96. The molecule has 0 saturated carbocycles. The van der Waals surface area contributed by atoms with Crippen molar-refractivity contribution in [2.24, 2.45) is 0 Å². The van der Waals surface area contributed by atoms with E-state index in [1.807, 2.05) is 39.8 Å². The lowest BCUT2D eigenvalue weighted by Crippen LogP contribution is -2.41. The van der Waals surface area contributed by atoms with Gasteiger partial charge in [-0.3, -0.25) is 0 Å². The van der Waals surface area contributed by atoms with Gasteiger partial charge in [0.1, 0.15) is 11.2 Å². The number of hydrogen-bond donors (Lipinski definition) is 0. The maximum absolute atomic E-state index is 5.96. The first-order chi connectivity index (χ1) is 11.9. The third-order valence-electron chi connectivity index (χ3n) is 5.23. The average Bonchev–Trinajstić information content (AvgIpc) is 2.82. The fourth-order valence-corrected chi connectivity index (χ4v) is 2.90. The standard InChI is InChI=1S/C22H23NO2/c1-21(2)22(3,4)25-23(24-21)20-13-11-17(12-14-20)19-10-9-16-7-5-6-8-18(16)15-19/h5-15H,1-4H3. The van der Waals surface area contributed by atoms with Crippen LogP contribution in [0, 0.1) is 0 Å². The molecule has 0 unspecified atom stereocenters. The molecule has 0 amide bonds. The largest absolute Gasteiger partial charge is 0.239 e. The zero-order chi connectivity index (χ0) is 17.7. The molecule has 0 aliphatic carbocycles. The lowest BCUT2D eigenvalue weighted by molar-refractivity contribution is -0.0272. The van der Waals surface area contributed by atoms with Gasteiger partial charge in [0, 0.05) is 0 Å². The smallest absolute Gasteiger partial charge is 0.124 e. The molecule has 0 aromatic heterocycles. The molecule has 4 rings (SSSR count). The molecule has 3 nitrogen and oxygen atoms in total. The van der Waals surface area contributed by atoms with E-state index in [1.54, 1.807) is 0 Å². The van der Waals surface area contributed by atoms with Gasteiger partial charge in [0.15, 0.2) is 0 Å². The SMILES string of the molecule is CC1(C)ON(c2ccc(-c3ccc4ccccc4c3)cc2)OC1(C)C. The highest BCUT2D eigenvalue weighted by Gasteiger charge is 2.50. The minimum Gasteiger partial charge on any atom is -0.239 e. The number of benzene rings is 3. The van der Waals surface area contributed by atoms with Crippen LogP contribution < -0.4 is 5.23 Å². The third kappa shape index (κ3) is 2.80. The van der Waals surface area contributed by atoms with Crippen molar-refractivity contribution in [2.45, 2.75) is 38.9 Å². The lowest BCUT2D eigenvalue weighted by atomic mass is 9.90. The number of anilines is 1. The molecule has 3 aromatic rings. The van der Waals surface area contributed by atoms with Crippen molar-refractivity contribution < 1.29 is 9.68 Å². The van der Waals surface area contributed by atoms with Crippen LogP contribution >= 0.6 is 0 Å². The second-order valence-electron chi connectivity index (χ2n) is 7.57. The molecule has 1 saturated heterocycles. The van der Waals surface area contributed by atoms with Crippen LogP contribution in [0.4, 0.5) is 5.69 Å². The number of nitrogens with zero attached hydrogens (tertiary/aromatic N) is 1. The second kappa shape index (κ2) is 5.58. The Morgan fingerprint density at radius 1 is 0.640 bits per heavy atom. The molecular formula is C22H23NO2. The van der Waals surface area contributed by atoms with E-state index in [0.29, 0.717) is 0 Å². The van der Waals surface area contributed by atoms with Crippen LogP contribution in [0.25, 0.3) is 21.9 Å². The number of fused-ring (bicyclic) bond motifs is 1. The number of rotatable bonds is 2. The Balaban J connectivity index is 1.62. The zero-order valence-electron chi connectivity index (χ0n) is 15.1. The quantitative estimate of drug-likeness (QED) is 0.596. The van der Waals surface area contributed by atoms with E-state index in [0.717, 1.165) is 5.69 Å². The molecule has 1 fully saturated rings. The van der Waals surface area contributed by atoms with Crippen molar-refractivity contribution in [3.63, 3.8) is 0 Å². The summed E-state index contributed by atoms with van der Waals surface area (Å²) in [5.74, 6) is 0. The topological polar surface area (TPSA) is 21.7 Å². The summed E-state index contributed by atoms with van der Waals surface area (Å²) < 4.78 is 0. The minimum absolute atomic E-state index is 0.385. The van der Waals surface area contributed by atoms with E-state index < -0.39 is 0 Å². The molecular weight excluding hydrogens is 310 g/mol. The van der Waals surface area contributed by atoms with Crippen molar-refractivity contribution >= 4 is 16.5 Å². The van der Waals surface area contributed by atoms with Gasteiger partial charge in [0.05, 0.1) is 5.69 Å². The van der Waals surface area contributed by atoms with E-state index in [2.05, 4.69) is 54.6 Å². The molecule has 128 valence electrons. The minimum atomic E-state index is -0.385. The summed E-state index contributed by atoms with van der Waals surface area (Å²) in [7, 11) is 0. The highest BCUT2D eigenvalue weighted by Crippen LogP contribution is 2.40. The van der Waals surface area contributed by atoms with E-state index in [9.17, 15) is 0 Å². The van der Waals surface area contributed by atoms with E-state index in [4.69, 9.17) is 9.68 Å². The molecule has 1 aliphatic heterocycles. The van der Waals surface area contributed by atoms with Crippen LogP contribution in [0.2, 0.25) is 0 Å². The lowest BCUT2D eigenvalue weighted by Gasteiger charge is -2.26. The number of hydrogen-bond acceptors (Lipinski definition) is 3. The summed E-state index contributed by atoms with van der Waals surface area (Å²) in [4.78, 5) is 11.9. The molecule has 3 aromatic carbocycles. The normalized spacial score (nSPS) is 18.6. The molecule has 0 radical (unpaired) electrons. The van der Waals surface area contributed by atoms with Gasteiger partial charge in [-0.25, -0.2) is 9.68 Å². The predicted octanol–water partition coefficient (Wildman–Crippen LogP) is 5.75. The highest BCUT2D eigenvalue weighted by molar-refractivity contribution is 5.87. The van der Waals surface area contributed by atoms with Gasteiger partial charge in [-0.1, -0.05) is 48.5 Å². The molecule has 0 N–H and O–H groups in total. The zero-order valence-corrected chi connectivity index (χ0v) is 15.1. The van der Waals surface area contributed by atoms with E-state index in [1.165, 1.54) is 27.1 Å². The first kappa shape index (κ1) is 16.1. The first-order valence-corrected chi connectivity index (χ1v) is 8.63. The van der Waals surface area contributed by atoms with Crippen LogP contribution in [-0.2, 0) is 9.68 Å². The summed E-state index contributed by atoms with van der Waals surface area (Å²) in [6.07, 6.45) is 0. The van der Waals surface area contributed by atoms with Crippen LogP contribution in [0.5, 0.6) is 0 Å². The molecule has 1 aliphatic rings. The fourth-order valence-electron chi connectivity index (χ4n) is 2.90. The fraction of sp³-hybridized carbons (Fsp3) is 0.273.